The third-order valence-electron chi connectivity index (χ3n) is 11.2. The highest BCUT2D eigenvalue weighted by atomic mass is 16.7. The highest BCUT2D eigenvalue weighted by Gasteiger charge is 2.51. The second kappa shape index (κ2) is 16.9. The number of hydrogen-bond acceptors (Lipinski definition) is 9. The fraction of sp³-hybridized carbons (Fsp3) is 0.386. The molecule has 302 valence electrons. The van der Waals surface area contributed by atoms with Gasteiger partial charge in [-0.1, -0.05) is 92.7 Å². The molecule has 0 bridgehead atoms. The van der Waals surface area contributed by atoms with E-state index in [4.69, 9.17) is 23.9 Å². The molecule has 3 unspecified atom stereocenters. The number of nitrogens with zero attached hydrogens (tertiary/aromatic N) is 4. The molecule has 3 aliphatic heterocycles. The summed E-state index contributed by atoms with van der Waals surface area (Å²) in [4.78, 5) is 58.8. The number of aromatic amines is 2. The molecular weight excluding hydrogens is 739 g/mol. The summed E-state index contributed by atoms with van der Waals surface area (Å²) in [5.74, 6) is 0.233. The van der Waals surface area contributed by atoms with Crippen LogP contribution in [0.5, 0.6) is 0 Å². The smallest absolute Gasteiger partial charge is 0.410 e. The largest absolute Gasteiger partial charge is 0.453 e. The molecular formula is C44H49N7O7. The number of nitrogens with one attached hydrogen (secondary N) is 3. The molecule has 0 aliphatic carbocycles. The van der Waals surface area contributed by atoms with Crippen LogP contribution in [0, 0.1) is 5.92 Å². The van der Waals surface area contributed by atoms with Crippen molar-refractivity contribution in [1.29, 1.82) is 0 Å². The Balaban J connectivity index is 0.929. The Kier molecular flexibility index (Phi) is 11.3. The summed E-state index contributed by atoms with van der Waals surface area (Å²) in [6.45, 7) is 5.97. The molecule has 1 spiro atoms. The lowest BCUT2D eigenvalue weighted by Gasteiger charge is -2.33. The quantitative estimate of drug-likeness (QED) is 0.131. The third kappa shape index (κ3) is 8.20. The van der Waals surface area contributed by atoms with E-state index in [1.165, 1.54) is 7.11 Å². The second-order valence-corrected chi connectivity index (χ2v) is 15.4. The fourth-order valence-corrected chi connectivity index (χ4v) is 8.09. The molecule has 3 amide bonds. The zero-order chi connectivity index (χ0) is 40.2. The van der Waals surface area contributed by atoms with Crippen LogP contribution in [0.4, 0.5) is 9.59 Å². The summed E-state index contributed by atoms with van der Waals surface area (Å²) in [6.07, 6.45) is 5.42. The number of H-pyrrole nitrogens is 2. The number of rotatable bonds is 10. The molecule has 3 fully saturated rings. The van der Waals surface area contributed by atoms with Crippen LogP contribution in [-0.4, -0.2) is 93.1 Å². The number of ether oxygens (including phenoxy) is 4. The normalized spacial score (nSPS) is 19.4. The van der Waals surface area contributed by atoms with Gasteiger partial charge >= 0.3 is 12.2 Å². The van der Waals surface area contributed by atoms with E-state index in [0.717, 1.165) is 64.3 Å². The summed E-state index contributed by atoms with van der Waals surface area (Å²) in [5, 5.41) is 2.70. The maximum absolute atomic E-state index is 13.6. The lowest BCUT2D eigenvalue weighted by atomic mass is 10.0. The molecule has 2 aromatic heterocycles. The maximum atomic E-state index is 13.6. The van der Waals surface area contributed by atoms with Crippen LogP contribution in [0.25, 0.3) is 33.6 Å². The Bertz CT molecular complexity index is 2200. The highest BCUT2D eigenvalue weighted by molar-refractivity contribution is 5.86. The summed E-state index contributed by atoms with van der Waals surface area (Å²) in [6, 6.07) is 24.8. The first kappa shape index (κ1) is 38.9. The van der Waals surface area contributed by atoms with E-state index in [1.807, 2.05) is 49.1 Å². The first-order valence-electron chi connectivity index (χ1n) is 19.9. The van der Waals surface area contributed by atoms with Gasteiger partial charge in [-0.05, 0) is 53.0 Å². The van der Waals surface area contributed by atoms with Crippen LogP contribution in [0.1, 0.15) is 68.8 Å². The van der Waals surface area contributed by atoms with Gasteiger partial charge in [-0.25, -0.2) is 19.6 Å². The first-order chi connectivity index (χ1) is 28.2. The molecule has 5 aromatic rings. The molecule has 3 atom stereocenters. The first-order valence-corrected chi connectivity index (χ1v) is 19.9. The molecule has 3 aliphatic rings. The van der Waals surface area contributed by atoms with Crippen molar-refractivity contribution in [3.05, 3.63) is 108 Å². The Morgan fingerprint density at radius 1 is 0.810 bits per heavy atom. The van der Waals surface area contributed by atoms with Gasteiger partial charge in [0, 0.05) is 13.0 Å². The number of aromatic nitrogens is 4. The summed E-state index contributed by atoms with van der Waals surface area (Å²) in [7, 11) is 1.29. The third-order valence-corrected chi connectivity index (χ3v) is 11.2. The van der Waals surface area contributed by atoms with Crippen molar-refractivity contribution in [2.45, 2.75) is 70.1 Å². The van der Waals surface area contributed by atoms with E-state index in [2.05, 4.69) is 68.8 Å². The zero-order valence-electron chi connectivity index (χ0n) is 33.0. The SMILES string of the molecule is COC(=O)NC(C(=O)N1CCCC1c1ncc(-c2ccc(-c3ccc(-c4cnc(C5CC6(CN5C(=O)OCc5ccccc5)OCCCO6)[nH]4)cc3)cc2)[nH]1)C(C)C. The van der Waals surface area contributed by atoms with Crippen LogP contribution in [0.15, 0.2) is 91.3 Å². The number of hydrogen-bond donors (Lipinski definition) is 3. The average molecular weight is 788 g/mol. The minimum absolute atomic E-state index is 0.105. The second-order valence-electron chi connectivity index (χ2n) is 15.4. The lowest BCUT2D eigenvalue weighted by Crippen LogP contribution is -2.51. The van der Waals surface area contributed by atoms with Gasteiger partial charge in [-0.2, -0.15) is 0 Å². The van der Waals surface area contributed by atoms with Crippen LogP contribution in [-0.2, 0) is 30.3 Å². The van der Waals surface area contributed by atoms with Crippen molar-refractivity contribution < 1.29 is 33.3 Å². The number of carbonyl (C=O) groups excluding carboxylic acids is 3. The van der Waals surface area contributed by atoms with Gasteiger partial charge in [-0.15, -0.1) is 0 Å². The Hall–Kier alpha value is -5.99. The van der Waals surface area contributed by atoms with Crippen molar-refractivity contribution >= 4 is 18.1 Å². The Morgan fingerprint density at radius 3 is 1.98 bits per heavy atom. The van der Waals surface area contributed by atoms with Crippen molar-refractivity contribution in [1.82, 2.24) is 35.1 Å². The van der Waals surface area contributed by atoms with E-state index in [1.54, 1.807) is 17.3 Å². The Labute approximate surface area is 337 Å². The topological polar surface area (TPSA) is 164 Å². The van der Waals surface area contributed by atoms with Crippen LogP contribution in [0.2, 0.25) is 0 Å². The zero-order valence-corrected chi connectivity index (χ0v) is 33.0. The van der Waals surface area contributed by atoms with Gasteiger partial charge in [-0.3, -0.25) is 9.69 Å². The minimum atomic E-state index is -0.890. The van der Waals surface area contributed by atoms with Gasteiger partial charge in [0.1, 0.15) is 24.3 Å². The van der Waals surface area contributed by atoms with E-state index >= 15 is 0 Å². The fourth-order valence-electron chi connectivity index (χ4n) is 8.09. The molecule has 3 N–H and O–H groups in total. The van der Waals surface area contributed by atoms with Crippen molar-refractivity contribution in [3.63, 3.8) is 0 Å². The number of benzene rings is 3. The predicted molar refractivity (Wildman–Crippen MR) is 215 cm³/mol. The number of methoxy groups -OCH3 is 1. The molecule has 3 aromatic carbocycles. The monoisotopic (exact) mass is 787 g/mol. The standard InChI is InChI=1S/C44H49N7O7/c1-28(2)38(49-42(53)55-3)41(52)50-20-7-11-36(50)39-45-24-34(47-39)32-16-12-30(13-17-32)31-14-18-33(19-15-31)35-25-46-40(48-35)37-23-44(57-21-8-22-58-44)27-51(37)43(54)56-26-29-9-5-4-6-10-29/h4-6,9-10,12-19,24-25,28,36-38H,7-8,11,20-23,26-27H2,1-3H3,(H,45,47)(H,46,48)(H,49,53). The van der Waals surface area contributed by atoms with E-state index in [0.29, 0.717) is 32.0 Å². The van der Waals surface area contributed by atoms with Gasteiger partial charge < -0.3 is 39.1 Å². The van der Waals surface area contributed by atoms with Crippen molar-refractivity contribution in [3.8, 4) is 33.6 Å². The van der Waals surface area contributed by atoms with Crippen LogP contribution >= 0.6 is 0 Å². The average Bonchev–Trinajstić information content (AvgIpc) is 4.09. The van der Waals surface area contributed by atoms with Gasteiger partial charge in [0.05, 0.1) is 62.7 Å². The summed E-state index contributed by atoms with van der Waals surface area (Å²) in [5.41, 5.74) is 6.64. The Morgan fingerprint density at radius 2 is 1.40 bits per heavy atom. The van der Waals surface area contributed by atoms with Crippen LogP contribution < -0.4 is 5.32 Å². The highest BCUT2D eigenvalue weighted by Crippen LogP contribution is 2.42. The lowest BCUT2D eigenvalue weighted by molar-refractivity contribution is -0.257. The van der Waals surface area contributed by atoms with Gasteiger partial charge in [0.2, 0.25) is 5.91 Å². The summed E-state index contributed by atoms with van der Waals surface area (Å²) >= 11 is 0. The van der Waals surface area contributed by atoms with Crippen LogP contribution in [0.3, 0.4) is 0 Å². The molecule has 5 heterocycles. The van der Waals surface area contributed by atoms with E-state index in [-0.39, 0.29) is 31.0 Å². The molecule has 3 saturated heterocycles. The van der Waals surface area contributed by atoms with Crippen molar-refractivity contribution in [2.24, 2.45) is 5.92 Å². The molecule has 0 radical (unpaired) electrons. The number of amides is 3. The number of imidazole rings is 2. The van der Waals surface area contributed by atoms with Crippen molar-refractivity contribution in [2.75, 3.05) is 33.4 Å². The van der Waals surface area contributed by atoms with Gasteiger partial charge in [0.15, 0.2) is 5.79 Å². The van der Waals surface area contributed by atoms with E-state index in [9.17, 15) is 14.4 Å². The molecule has 58 heavy (non-hydrogen) atoms. The molecule has 14 nitrogen and oxygen atoms in total. The number of carbonyl (C=O) groups is 3. The van der Waals surface area contributed by atoms with Gasteiger partial charge in [0.25, 0.3) is 0 Å². The van der Waals surface area contributed by atoms with E-state index < -0.39 is 30.1 Å². The maximum Gasteiger partial charge on any atom is 0.410 e. The minimum Gasteiger partial charge on any atom is -0.453 e. The number of likely N-dealkylation sites (tertiary alicyclic amines) is 2. The predicted octanol–water partition coefficient (Wildman–Crippen LogP) is 7.39. The number of alkyl carbamates (subject to hydrolysis) is 1. The molecule has 14 heteroatoms. The molecule has 8 rings (SSSR count). The molecule has 0 saturated carbocycles. The summed E-state index contributed by atoms with van der Waals surface area (Å²) < 4.78 is 22.7.